The van der Waals surface area contributed by atoms with Gasteiger partial charge in [0.15, 0.2) is 0 Å². The molecule has 0 radical (unpaired) electrons. The minimum Gasteiger partial charge on any atom is -0.309 e. The molecule has 4 fully saturated rings. The predicted octanol–water partition coefficient (Wildman–Crippen LogP) is 19.9. The first-order chi connectivity index (χ1) is 38.7. The summed E-state index contributed by atoms with van der Waals surface area (Å²) < 4.78 is 0. The van der Waals surface area contributed by atoms with Gasteiger partial charge in [-0.25, -0.2) is 0 Å². The fourth-order valence-corrected chi connectivity index (χ4v) is 17.2. The van der Waals surface area contributed by atoms with Gasteiger partial charge in [0.25, 0.3) is 0 Å². The Kier molecular flexibility index (Phi) is 9.59. The van der Waals surface area contributed by atoms with Gasteiger partial charge >= 0.3 is 0 Å². The van der Waals surface area contributed by atoms with Crippen molar-refractivity contribution in [1.29, 1.82) is 0 Å². The zero-order valence-electron chi connectivity index (χ0n) is 43.6. The van der Waals surface area contributed by atoms with Crippen LogP contribution in [0, 0.1) is 23.7 Å². The average molecular weight is 996 g/mol. The van der Waals surface area contributed by atoms with E-state index in [9.17, 15) is 0 Å². The van der Waals surface area contributed by atoms with E-state index in [4.69, 9.17) is 0 Å². The van der Waals surface area contributed by atoms with E-state index < -0.39 is 5.41 Å². The number of fused-ring (bicyclic) bond motifs is 13. The highest BCUT2D eigenvalue weighted by molar-refractivity contribution is 6.04. The van der Waals surface area contributed by atoms with E-state index in [2.05, 4.69) is 266 Å². The number of hydrogen-bond donors (Lipinski definition) is 0. The lowest BCUT2D eigenvalue weighted by Crippen LogP contribution is -2.55. The molecule has 0 aromatic heterocycles. The molecule has 0 aliphatic heterocycles. The maximum absolute atomic E-state index is 2.68. The molecule has 1 atom stereocenters. The molecule has 18 rings (SSSR count). The van der Waals surface area contributed by atoms with Crippen molar-refractivity contribution >= 4 is 17.1 Å². The van der Waals surface area contributed by atoms with Crippen LogP contribution in [-0.4, -0.2) is 0 Å². The molecule has 1 nitrogen and oxygen atoms in total. The summed E-state index contributed by atoms with van der Waals surface area (Å²) in [4.78, 5) is 2.68. The van der Waals surface area contributed by atoms with Crippen molar-refractivity contribution in [3.05, 3.63) is 294 Å². The third-order valence-electron chi connectivity index (χ3n) is 19.9. The standard InChI is InChI=1S/C77H57N/c1-3-17-51(18-4-1)52-33-35-53(36-34-52)56-39-42-63-62-23-9-12-26-66(62)77(71(63)48-56)68-28-14-11-25-65(68)75-70(77)30-16-32-73(75)78(59-40-37-55(38-41-59)61-22-8-7-21-60(61)54-19-5-2-6-20-54)72-31-15-29-69-74(72)64-24-10-13-27-67(64)76(69)57-44-49-43-50(46-57)47-58(76)45-49/h1-42,48-50,57-58H,43-47H2. The molecule has 0 amide bonds. The Balaban J connectivity index is 0.898. The van der Waals surface area contributed by atoms with Crippen molar-refractivity contribution < 1.29 is 0 Å². The Hall–Kier alpha value is -8.78. The van der Waals surface area contributed by atoms with Crippen molar-refractivity contribution in [2.24, 2.45) is 23.7 Å². The zero-order valence-corrected chi connectivity index (χ0v) is 43.6. The monoisotopic (exact) mass is 995 g/mol. The summed E-state index contributed by atoms with van der Waals surface area (Å²) in [7, 11) is 0. The molecule has 370 valence electrons. The molecule has 11 aromatic rings. The minimum atomic E-state index is -0.541. The fraction of sp³-hybridized carbons (Fsp3) is 0.143. The molecule has 0 N–H and O–H groups in total. The van der Waals surface area contributed by atoms with E-state index in [1.165, 1.54) is 144 Å². The number of hydrogen-bond acceptors (Lipinski definition) is 1. The lowest BCUT2D eigenvalue weighted by molar-refractivity contribution is -0.0399. The molecule has 1 unspecified atom stereocenters. The van der Waals surface area contributed by atoms with Gasteiger partial charge in [-0.15, -0.1) is 0 Å². The number of rotatable bonds is 7. The highest BCUT2D eigenvalue weighted by Crippen LogP contribution is 2.71. The maximum atomic E-state index is 2.68. The highest BCUT2D eigenvalue weighted by atomic mass is 15.1. The van der Waals surface area contributed by atoms with Crippen molar-refractivity contribution in [3.8, 4) is 77.9 Å². The van der Waals surface area contributed by atoms with Crippen LogP contribution < -0.4 is 4.90 Å². The number of anilines is 3. The first kappa shape index (κ1) is 44.4. The predicted molar refractivity (Wildman–Crippen MR) is 322 cm³/mol. The SMILES string of the molecule is c1ccc(-c2ccc(-c3ccc4c(c3)C3(c5ccccc5-4)c4ccccc4-c4c(N(c5ccc(-c6ccccc6-c6ccccc6)cc5)c5cccc6c5-c5ccccc5C65C6CC7CC(C6)CC5C7)cccc43)cc2)cc1. The molecule has 7 aliphatic carbocycles. The lowest BCUT2D eigenvalue weighted by Gasteiger charge is -2.61. The Morgan fingerprint density at radius 3 is 1.31 bits per heavy atom. The molecule has 78 heavy (non-hydrogen) atoms. The molecule has 1 heteroatoms. The zero-order chi connectivity index (χ0) is 51.1. The molecule has 2 spiro atoms. The summed E-state index contributed by atoms with van der Waals surface area (Å²) in [6.45, 7) is 0. The van der Waals surface area contributed by atoms with Crippen LogP contribution >= 0.6 is 0 Å². The van der Waals surface area contributed by atoms with E-state index in [0.29, 0.717) is 11.8 Å². The molecule has 0 saturated heterocycles. The lowest BCUT2D eigenvalue weighted by atomic mass is 9.43. The van der Waals surface area contributed by atoms with Gasteiger partial charge in [-0.2, -0.15) is 0 Å². The van der Waals surface area contributed by atoms with Gasteiger partial charge in [0.2, 0.25) is 0 Å². The first-order valence-corrected chi connectivity index (χ1v) is 28.6. The largest absolute Gasteiger partial charge is 0.309 e. The van der Waals surface area contributed by atoms with Crippen LogP contribution in [0.4, 0.5) is 17.1 Å². The normalized spacial score (nSPS) is 21.9. The molecule has 0 heterocycles. The van der Waals surface area contributed by atoms with Gasteiger partial charge < -0.3 is 4.90 Å². The van der Waals surface area contributed by atoms with Crippen LogP contribution in [0.5, 0.6) is 0 Å². The highest BCUT2D eigenvalue weighted by Gasteiger charge is 2.62. The van der Waals surface area contributed by atoms with Crippen LogP contribution in [0.2, 0.25) is 0 Å². The quantitative estimate of drug-likeness (QED) is 0.154. The van der Waals surface area contributed by atoms with Crippen LogP contribution in [-0.2, 0) is 10.8 Å². The summed E-state index contributed by atoms with van der Waals surface area (Å²) >= 11 is 0. The van der Waals surface area contributed by atoms with E-state index in [0.717, 1.165) is 17.5 Å². The van der Waals surface area contributed by atoms with Gasteiger partial charge in [0.1, 0.15) is 0 Å². The maximum Gasteiger partial charge on any atom is 0.0726 e. The van der Waals surface area contributed by atoms with E-state index in [1.54, 1.807) is 11.1 Å². The topological polar surface area (TPSA) is 3.24 Å². The molecule has 11 aromatic carbocycles. The smallest absolute Gasteiger partial charge is 0.0726 e. The van der Waals surface area contributed by atoms with Gasteiger partial charge in [0, 0.05) is 22.2 Å². The summed E-state index contributed by atoms with van der Waals surface area (Å²) in [6, 6.07) is 99.4. The Labute approximate surface area is 458 Å². The average Bonchev–Trinajstić information content (AvgIpc) is 4.30. The van der Waals surface area contributed by atoms with Gasteiger partial charge in [-0.3, -0.25) is 0 Å². The van der Waals surface area contributed by atoms with Crippen molar-refractivity contribution in [1.82, 2.24) is 0 Å². The number of nitrogens with zero attached hydrogens (tertiary/aromatic N) is 1. The van der Waals surface area contributed by atoms with E-state index in [-0.39, 0.29) is 5.41 Å². The Morgan fingerprint density at radius 1 is 0.269 bits per heavy atom. The Morgan fingerprint density at radius 2 is 0.679 bits per heavy atom. The second kappa shape index (κ2) is 16.9. The summed E-state index contributed by atoms with van der Waals surface area (Å²) in [6.07, 6.45) is 6.87. The second-order valence-electron chi connectivity index (χ2n) is 23.5. The molecular weight excluding hydrogens is 939 g/mol. The molecule has 4 bridgehead atoms. The van der Waals surface area contributed by atoms with Crippen LogP contribution in [0.1, 0.15) is 65.5 Å². The van der Waals surface area contributed by atoms with Crippen LogP contribution in [0.15, 0.2) is 261 Å². The minimum absolute atomic E-state index is 0.0398. The van der Waals surface area contributed by atoms with E-state index >= 15 is 0 Å². The molecule has 7 aliphatic rings. The third kappa shape index (κ3) is 6.08. The number of benzene rings is 11. The van der Waals surface area contributed by atoms with E-state index in [1.807, 2.05) is 0 Å². The molecule has 4 saturated carbocycles. The van der Waals surface area contributed by atoms with Crippen molar-refractivity contribution in [2.75, 3.05) is 4.90 Å². The fourth-order valence-electron chi connectivity index (χ4n) is 17.2. The Bertz CT molecular complexity index is 4180. The summed E-state index contributed by atoms with van der Waals surface area (Å²) in [5.74, 6) is 3.10. The van der Waals surface area contributed by atoms with Crippen molar-refractivity contribution in [2.45, 2.75) is 42.9 Å². The van der Waals surface area contributed by atoms with Crippen LogP contribution in [0.3, 0.4) is 0 Å². The van der Waals surface area contributed by atoms with Crippen LogP contribution in [0.25, 0.3) is 77.9 Å². The summed E-state index contributed by atoms with van der Waals surface area (Å²) in [5.41, 5.74) is 29.6. The second-order valence-corrected chi connectivity index (χ2v) is 23.5. The van der Waals surface area contributed by atoms with Gasteiger partial charge in [0.05, 0.1) is 16.8 Å². The third-order valence-corrected chi connectivity index (χ3v) is 19.9. The van der Waals surface area contributed by atoms with Gasteiger partial charge in [-0.05, 0) is 186 Å². The summed E-state index contributed by atoms with van der Waals surface area (Å²) in [5, 5.41) is 0. The first-order valence-electron chi connectivity index (χ1n) is 28.6. The molecular formula is C77H57N. The van der Waals surface area contributed by atoms with Gasteiger partial charge in [-0.1, -0.05) is 231 Å². The van der Waals surface area contributed by atoms with Crippen molar-refractivity contribution in [3.63, 3.8) is 0 Å².